The van der Waals surface area contributed by atoms with E-state index in [-0.39, 0.29) is 65.2 Å². The highest BCUT2D eigenvalue weighted by Crippen LogP contribution is 2.46. The van der Waals surface area contributed by atoms with E-state index in [4.69, 9.17) is 14.6 Å². The van der Waals surface area contributed by atoms with Gasteiger partial charge >= 0.3 is 0 Å². The Kier molecular flexibility index (Phi) is 17.7. The molecule has 3 saturated heterocycles. The SMILES string of the molecule is CC(=O)N1c2ccc(-c3cn[nH]c3)c(OC3CCC3)c2CC[C@@H]1C.CC(=O)N1c2ccc(-c3cnn(C4CCS(=O)(=O)CC4)c3)c(OC3CCC3)c2CC[C@@H]1C.CC1CCS(=O)(=O)CC1.O=S1(=O)CCC(O)CC1. The van der Waals surface area contributed by atoms with Crippen LogP contribution in [0.4, 0.5) is 11.4 Å². The first-order valence-electron chi connectivity index (χ1n) is 26.7. The van der Waals surface area contributed by atoms with Crippen LogP contribution in [0, 0.1) is 5.92 Å². The van der Waals surface area contributed by atoms with Crippen molar-refractivity contribution in [3.05, 3.63) is 60.2 Å². The standard InChI is InChI=1S/C24H31N3O4S.C19H23N3O2.C6H12O2S.C5H10O3S/c1-16-6-7-22-23(27(16)17(2)28)9-8-21(24(22)31-20-4-3-5-20)18-14-25-26(15-18)19-10-12-32(29,30)13-11-19;1-12-6-7-17-18(22(12)13(2)23)9-8-16(14-10-20-21-11-14)19(17)24-15-4-3-5-15;1-6-2-4-9(7,8)5-3-6;6-5-1-3-9(7,8)4-2-5/h8-9,14-16,19-20H,3-7,10-13H2,1-2H3;8-12,15H,3-7H2,1-2H3,(H,20,21);6H,2-5H2,1H3;5-6H,1-4H2/t16-;12-;;/m00../s1. The first-order valence-corrected chi connectivity index (χ1v) is 32.2. The van der Waals surface area contributed by atoms with Crippen molar-refractivity contribution in [3.63, 3.8) is 0 Å². The second kappa shape index (κ2) is 23.6. The molecule has 2 aliphatic carbocycles. The second-order valence-corrected chi connectivity index (χ2v) is 28.5. The molecule has 74 heavy (non-hydrogen) atoms. The fourth-order valence-electron chi connectivity index (χ4n) is 10.7. The van der Waals surface area contributed by atoms with Gasteiger partial charge in [0, 0.05) is 71.7 Å². The van der Waals surface area contributed by atoms with Crippen molar-refractivity contribution in [2.75, 3.05) is 44.3 Å². The Morgan fingerprint density at radius 1 is 0.595 bits per heavy atom. The molecule has 2 aromatic carbocycles. The third-order valence-electron chi connectivity index (χ3n) is 15.8. The summed E-state index contributed by atoms with van der Waals surface area (Å²) in [4.78, 5) is 28.3. The number of anilines is 2. The highest BCUT2D eigenvalue weighted by molar-refractivity contribution is 7.91. The number of hydrogen-bond donors (Lipinski definition) is 2. The predicted molar refractivity (Wildman–Crippen MR) is 288 cm³/mol. The topological polar surface area (TPSA) is 228 Å². The van der Waals surface area contributed by atoms with E-state index in [2.05, 4.69) is 48.2 Å². The number of nitrogens with one attached hydrogen (secondary N) is 1. The Balaban J connectivity index is 0.000000151. The molecule has 0 bridgehead atoms. The van der Waals surface area contributed by atoms with Gasteiger partial charge in [0.15, 0.2) is 9.84 Å². The first-order chi connectivity index (χ1) is 35.2. The number of rotatable bonds is 7. The van der Waals surface area contributed by atoms with Crippen LogP contribution in [-0.2, 0) is 51.9 Å². The lowest BCUT2D eigenvalue weighted by Gasteiger charge is -2.37. The van der Waals surface area contributed by atoms with E-state index in [1.165, 1.54) is 12.8 Å². The van der Waals surface area contributed by atoms with Gasteiger partial charge in [-0.1, -0.05) is 6.92 Å². The summed E-state index contributed by atoms with van der Waals surface area (Å²) in [5, 5.41) is 20.4. The average Bonchev–Trinajstić information content (AvgIpc) is 4.05. The molecule has 5 aliphatic heterocycles. The predicted octanol–water partition coefficient (Wildman–Crippen LogP) is 8.00. The number of sulfone groups is 3. The van der Waals surface area contributed by atoms with Gasteiger partial charge < -0.3 is 24.4 Å². The van der Waals surface area contributed by atoms with E-state index in [9.17, 15) is 34.8 Å². The summed E-state index contributed by atoms with van der Waals surface area (Å²) in [5.74, 6) is 4.18. The maximum absolute atomic E-state index is 12.4. The van der Waals surface area contributed by atoms with Gasteiger partial charge in [0.2, 0.25) is 11.8 Å². The lowest BCUT2D eigenvalue weighted by molar-refractivity contribution is -0.117. The molecule has 2 amide bonds. The van der Waals surface area contributed by atoms with Crippen molar-refractivity contribution in [2.45, 2.75) is 174 Å². The van der Waals surface area contributed by atoms with Crippen LogP contribution in [0.3, 0.4) is 0 Å². The summed E-state index contributed by atoms with van der Waals surface area (Å²) >= 11 is 0. The molecule has 2 atom stereocenters. The number of aliphatic hydroxyl groups excluding tert-OH is 1. The van der Waals surface area contributed by atoms with Gasteiger partial charge in [0.25, 0.3) is 0 Å². The largest absolute Gasteiger partial charge is 0.489 e. The van der Waals surface area contributed by atoms with Crippen molar-refractivity contribution in [2.24, 2.45) is 5.92 Å². The summed E-state index contributed by atoms with van der Waals surface area (Å²) in [6, 6.07) is 8.72. The number of fused-ring (bicyclic) bond motifs is 2. The van der Waals surface area contributed by atoms with Gasteiger partial charge in [0.05, 0.1) is 82.6 Å². The molecule has 7 heterocycles. The maximum atomic E-state index is 12.4. The first kappa shape index (κ1) is 55.4. The summed E-state index contributed by atoms with van der Waals surface area (Å²) in [6.45, 7) is 9.58. The van der Waals surface area contributed by atoms with E-state index in [1.54, 1.807) is 13.8 Å². The fourth-order valence-corrected chi connectivity index (χ4v) is 15.4. The van der Waals surface area contributed by atoms with Gasteiger partial charge in [-0.25, -0.2) is 25.3 Å². The fraction of sp³-hybridized carbons (Fsp3) is 0.630. The normalized spacial score (nSPS) is 23.6. The molecule has 0 radical (unpaired) electrons. The Bertz CT molecular complexity index is 2870. The van der Waals surface area contributed by atoms with Crippen molar-refractivity contribution in [1.29, 1.82) is 0 Å². The zero-order valence-electron chi connectivity index (χ0n) is 43.7. The van der Waals surface area contributed by atoms with Crippen LogP contribution in [-0.4, -0.2) is 127 Å². The van der Waals surface area contributed by atoms with E-state index in [0.717, 1.165) is 120 Å². The van der Waals surface area contributed by atoms with Crippen molar-refractivity contribution < 1.29 is 49.4 Å². The molecule has 2 saturated carbocycles. The molecule has 2 aromatic heterocycles. The second-order valence-electron chi connectivity index (χ2n) is 21.6. The summed E-state index contributed by atoms with van der Waals surface area (Å²) in [6.07, 6.45) is 22.0. The molecule has 20 heteroatoms. The number of carbonyl (C=O) groups excluding carboxylic acids is 2. The smallest absolute Gasteiger partial charge is 0.224 e. The number of aromatic nitrogens is 4. The van der Waals surface area contributed by atoms with Gasteiger partial charge in [-0.05, 0) is 147 Å². The Labute approximate surface area is 437 Å². The lowest BCUT2D eigenvalue weighted by Crippen LogP contribution is -2.41. The van der Waals surface area contributed by atoms with E-state index in [1.807, 2.05) is 51.4 Å². The number of ether oxygens (including phenoxy) is 2. The number of benzene rings is 2. The Hall–Kier alpha value is -4.79. The quantitative estimate of drug-likeness (QED) is 0.179. The van der Waals surface area contributed by atoms with Gasteiger partial charge in [-0.3, -0.25) is 19.4 Å². The molecule has 0 unspecified atom stereocenters. The highest BCUT2D eigenvalue weighted by atomic mass is 32.2. The van der Waals surface area contributed by atoms with Crippen LogP contribution in [0.15, 0.2) is 49.1 Å². The zero-order valence-corrected chi connectivity index (χ0v) is 46.2. The molecule has 11 rings (SSSR count). The van der Waals surface area contributed by atoms with Crippen LogP contribution in [0.25, 0.3) is 22.3 Å². The maximum Gasteiger partial charge on any atom is 0.224 e. The molecule has 17 nitrogen and oxygen atoms in total. The number of H-pyrrole nitrogens is 1. The number of aromatic amines is 1. The molecule has 4 aromatic rings. The minimum Gasteiger partial charge on any atom is -0.489 e. The van der Waals surface area contributed by atoms with E-state index in [0.29, 0.717) is 49.2 Å². The number of nitrogens with zero attached hydrogens (tertiary/aromatic N) is 5. The Morgan fingerprint density at radius 3 is 1.43 bits per heavy atom. The van der Waals surface area contributed by atoms with Crippen LogP contribution in [0.1, 0.15) is 142 Å². The van der Waals surface area contributed by atoms with Gasteiger partial charge in [-0.2, -0.15) is 10.2 Å². The average molecular weight is 1080 g/mol. The Morgan fingerprint density at radius 2 is 1.04 bits per heavy atom. The number of amides is 2. The van der Waals surface area contributed by atoms with Gasteiger partial charge in [-0.15, -0.1) is 0 Å². The molecule has 0 spiro atoms. The van der Waals surface area contributed by atoms with Gasteiger partial charge in [0.1, 0.15) is 31.2 Å². The summed E-state index contributed by atoms with van der Waals surface area (Å²) < 4.78 is 81.4. The number of aliphatic hydroxyl groups is 1. The summed E-state index contributed by atoms with van der Waals surface area (Å²) in [5.41, 5.74) is 8.30. The number of carbonyl (C=O) groups is 2. The molecule has 2 N–H and O–H groups in total. The summed E-state index contributed by atoms with van der Waals surface area (Å²) in [7, 11) is -8.30. The van der Waals surface area contributed by atoms with Crippen molar-refractivity contribution >= 4 is 52.7 Å². The van der Waals surface area contributed by atoms with Crippen molar-refractivity contribution in [3.8, 4) is 33.8 Å². The zero-order chi connectivity index (χ0) is 53.0. The van der Waals surface area contributed by atoms with Crippen LogP contribution < -0.4 is 19.3 Å². The molecular formula is C54H76N6O11S3. The van der Waals surface area contributed by atoms with E-state index < -0.39 is 29.5 Å². The minimum atomic E-state index is -2.91. The lowest BCUT2D eigenvalue weighted by atomic mass is 9.91. The minimum absolute atomic E-state index is 0.0564. The van der Waals surface area contributed by atoms with Crippen LogP contribution >= 0.6 is 0 Å². The van der Waals surface area contributed by atoms with Crippen molar-refractivity contribution in [1.82, 2.24) is 20.0 Å². The highest BCUT2D eigenvalue weighted by Gasteiger charge is 2.34. The monoisotopic (exact) mass is 1080 g/mol. The van der Waals surface area contributed by atoms with Crippen LogP contribution in [0.5, 0.6) is 11.5 Å². The molecular weight excluding hydrogens is 1000 g/mol. The molecule has 406 valence electrons. The third-order valence-corrected chi connectivity index (χ3v) is 21.0. The third kappa shape index (κ3) is 13.6. The van der Waals surface area contributed by atoms with Crippen LogP contribution in [0.2, 0.25) is 0 Å². The molecule has 7 aliphatic rings. The van der Waals surface area contributed by atoms with E-state index >= 15 is 0 Å². The number of hydrogen-bond acceptors (Lipinski definition) is 13. The molecule has 5 fully saturated rings.